The number of rotatable bonds is 2. The number of halogens is 1. The molecule has 0 aliphatic rings. The zero-order chi connectivity index (χ0) is 12.6. The lowest BCUT2D eigenvalue weighted by atomic mass is 10.2. The Labute approximate surface area is 109 Å². The number of carbonyl (C=O) groups is 1. The molecule has 1 aromatic heterocycles. The molecule has 4 heteroatoms. The van der Waals surface area contributed by atoms with Gasteiger partial charge in [0.25, 0.3) is 0 Å². The molecule has 0 aliphatic carbocycles. The summed E-state index contributed by atoms with van der Waals surface area (Å²) in [5.41, 5.74) is 4.42. The molecule has 0 N–H and O–H groups in total. The molecule has 3 nitrogen and oxygen atoms in total. The van der Waals surface area contributed by atoms with Gasteiger partial charge < -0.3 is 0 Å². The van der Waals surface area contributed by atoms with Crippen molar-refractivity contribution in [3.8, 4) is 5.69 Å². The van der Waals surface area contributed by atoms with Gasteiger partial charge >= 0.3 is 0 Å². The minimum Gasteiger partial charge on any atom is -0.298 e. The Morgan fingerprint density at radius 3 is 2.53 bits per heavy atom. The molecule has 1 heterocycles. The fraction of sp³-hybridized carbons (Fsp3) is 0.231. The van der Waals surface area contributed by atoms with Crippen molar-refractivity contribution in [3.05, 3.63) is 45.2 Å². The highest BCUT2D eigenvalue weighted by Crippen LogP contribution is 2.22. The van der Waals surface area contributed by atoms with Gasteiger partial charge in [0.1, 0.15) is 0 Å². The summed E-state index contributed by atoms with van der Waals surface area (Å²) in [6, 6.07) is 6.02. The van der Waals surface area contributed by atoms with Gasteiger partial charge in [0.15, 0.2) is 6.29 Å². The summed E-state index contributed by atoms with van der Waals surface area (Å²) in [6.45, 7) is 5.78. The Balaban J connectivity index is 2.60. The van der Waals surface area contributed by atoms with E-state index in [4.69, 9.17) is 0 Å². The van der Waals surface area contributed by atoms with E-state index in [0.717, 1.165) is 27.8 Å². The van der Waals surface area contributed by atoms with Crippen molar-refractivity contribution in [1.82, 2.24) is 9.78 Å². The molecule has 2 aromatic rings. The van der Waals surface area contributed by atoms with Crippen LogP contribution in [0.4, 0.5) is 0 Å². The van der Waals surface area contributed by atoms with Crippen molar-refractivity contribution in [1.29, 1.82) is 0 Å². The molecule has 0 unspecified atom stereocenters. The van der Waals surface area contributed by atoms with Crippen LogP contribution in [-0.2, 0) is 0 Å². The quantitative estimate of drug-likeness (QED) is 0.796. The van der Waals surface area contributed by atoms with E-state index in [1.54, 1.807) is 4.68 Å². The van der Waals surface area contributed by atoms with Crippen LogP contribution in [0.2, 0.25) is 0 Å². The van der Waals surface area contributed by atoms with Crippen molar-refractivity contribution in [2.24, 2.45) is 0 Å². The van der Waals surface area contributed by atoms with Gasteiger partial charge in [-0.3, -0.25) is 4.79 Å². The van der Waals surface area contributed by atoms with Crippen molar-refractivity contribution in [2.75, 3.05) is 0 Å². The molecule has 0 saturated carbocycles. The lowest BCUT2D eigenvalue weighted by molar-refractivity contribution is 0.112. The molecule has 0 aliphatic heterocycles. The second-order valence-electron chi connectivity index (χ2n) is 4.05. The average Bonchev–Trinajstić information content (AvgIpc) is 2.58. The van der Waals surface area contributed by atoms with Crippen LogP contribution < -0.4 is 0 Å². The smallest absolute Gasteiger partial charge is 0.153 e. The van der Waals surface area contributed by atoms with E-state index in [2.05, 4.69) is 21.0 Å². The van der Waals surface area contributed by atoms with Gasteiger partial charge in [-0.15, -0.1) is 0 Å². The van der Waals surface area contributed by atoms with Gasteiger partial charge in [0, 0.05) is 4.47 Å². The van der Waals surface area contributed by atoms with Crippen molar-refractivity contribution >= 4 is 22.2 Å². The van der Waals surface area contributed by atoms with E-state index in [1.807, 2.05) is 39.0 Å². The number of hydrogen-bond acceptors (Lipinski definition) is 2. The van der Waals surface area contributed by atoms with E-state index in [-0.39, 0.29) is 0 Å². The largest absolute Gasteiger partial charge is 0.298 e. The van der Waals surface area contributed by atoms with Gasteiger partial charge in [-0.1, -0.05) is 22.0 Å². The van der Waals surface area contributed by atoms with Crippen LogP contribution >= 0.6 is 15.9 Å². The van der Waals surface area contributed by atoms with Crippen LogP contribution in [0.1, 0.15) is 27.3 Å². The maximum absolute atomic E-state index is 11.0. The Morgan fingerprint density at radius 2 is 2.00 bits per heavy atom. The predicted molar refractivity (Wildman–Crippen MR) is 70.9 cm³/mol. The number of nitrogens with zero attached hydrogens (tertiary/aromatic N) is 2. The SMILES string of the molecule is Cc1ccc(-n2nc(C)c(C=O)c2C)cc1Br. The fourth-order valence-electron chi connectivity index (χ4n) is 1.79. The predicted octanol–water partition coefficient (Wildman–Crippen LogP) is 3.37. The Kier molecular flexibility index (Phi) is 3.15. The topological polar surface area (TPSA) is 34.9 Å². The van der Waals surface area contributed by atoms with Gasteiger partial charge in [-0.25, -0.2) is 4.68 Å². The molecule has 1 aromatic carbocycles. The van der Waals surface area contributed by atoms with Crippen LogP contribution in [0.5, 0.6) is 0 Å². The Bertz CT molecular complexity index is 587. The van der Waals surface area contributed by atoms with Crippen molar-refractivity contribution < 1.29 is 4.79 Å². The third-order valence-electron chi connectivity index (χ3n) is 2.87. The van der Waals surface area contributed by atoms with E-state index in [0.29, 0.717) is 5.56 Å². The first-order valence-corrected chi connectivity index (χ1v) is 6.12. The molecule has 0 bridgehead atoms. The third kappa shape index (κ3) is 2.05. The summed E-state index contributed by atoms with van der Waals surface area (Å²) in [5, 5.41) is 4.39. The Hall–Kier alpha value is -1.42. The fourth-order valence-corrected chi connectivity index (χ4v) is 2.16. The molecule has 17 heavy (non-hydrogen) atoms. The van der Waals surface area contributed by atoms with Gasteiger partial charge in [-0.05, 0) is 38.5 Å². The maximum Gasteiger partial charge on any atom is 0.153 e. The number of aryl methyl sites for hydroxylation is 2. The Morgan fingerprint density at radius 1 is 1.29 bits per heavy atom. The van der Waals surface area contributed by atoms with Crippen LogP contribution in [0.15, 0.2) is 22.7 Å². The first-order chi connectivity index (χ1) is 8.04. The molecule has 88 valence electrons. The summed E-state index contributed by atoms with van der Waals surface area (Å²) in [6.07, 6.45) is 0.859. The van der Waals surface area contributed by atoms with Crippen LogP contribution in [0.3, 0.4) is 0 Å². The second-order valence-corrected chi connectivity index (χ2v) is 4.90. The lowest BCUT2D eigenvalue weighted by Gasteiger charge is -2.06. The molecule has 0 amide bonds. The second kappa shape index (κ2) is 4.45. The number of aldehydes is 1. The van der Waals surface area contributed by atoms with Crippen molar-refractivity contribution in [3.63, 3.8) is 0 Å². The molecule has 0 saturated heterocycles. The van der Waals surface area contributed by atoms with E-state index >= 15 is 0 Å². The van der Waals surface area contributed by atoms with Gasteiger partial charge in [0.2, 0.25) is 0 Å². The average molecular weight is 293 g/mol. The maximum atomic E-state index is 11.0. The summed E-state index contributed by atoms with van der Waals surface area (Å²) in [5.74, 6) is 0. The lowest BCUT2D eigenvalue weighted by Crippen LogP contribution is -1.99. The molecule has 2 rings (SSSR count). The molecule has 0 radical (unpaired) electrons. The summed E-state index contributed by atoms with van der Waals surface area (Å²) < 4.78 is 2.83. The van der Waals surface area contributed by atoms with E-state index in [9.17, 15) is 4.79 Å². The monoisotopic (exact) mass is 292 g/mol. The van der Waals surface area contributed by atoms with Crippen LogP contribution in [-0.4, -0.2) is 16.1 Å². The van der Waals surface area contributed by atoms with Gasteiger partial charge in [-0.2, -0.15) is 5.10 Å². The van der Waals surface area contributed by atoms with Crippen LogP contribution in [0.25, 0.3) is 5.69 Å². The highest BCUT2D eigenvalue weighted by Gasteiger charge is 2.12. The van der Waals surface area contributed by atoms with Crippen LogP contribution in [0, 0.1) is 20.8 Å². The zero-order valence-electron chi connectivity index (χ0n) is 9.99. The van der Waals surface area contributed by atoms with Gasteiger partial charge in [0.05, 0.1) is 22.6 Å². The first kappa shape index (κ1) is 12.0. The minimum absolute atomic E-state index is 0.668. The first-order valence-electron chi connectivity index (χ1n) is 5.32. The van der Waals surface area contributed by atoms with E-state index < -0.39 is 0 Å². The number of benzene rings is 1. The highest BCUT2D eigenvalue weighted by molar-refractivity contribution is 9.10. The van der Waals surface area contributed by atoms with E-state index in [1.165, 1.54) is 5.56 Å². The number of hydrogen-bond donors (Lipinski definition) is 0. The molecule has 0 atom stereocenters. The number of aromatic nitrogens is 2. The highest BCUT2D eigenvalue weighted by atomic mass is 79.9. The minimum atomic E-state index is 0.668. The molecular weight excluding hydrogens is 280 g/mol. The summed E-state index contributed by atoms with van der Waals surface area (Å²) in [7, 11) is 0. The molecule has 0 spiro atoms. The summed E-state index contributed by atoms with van der Waals surface area (Å²) in [4.78, 5) is 11.0. The number of carbonyl (C=O) groups excluding carboxylic acids is 1. The van der Waals surface area contributed by atoms with Crippen molar-refractivity contribution in [2.45, 2.75) is 20.8 Å². The third-order valence-corrected chi connectivity index (χ3v) is 3.72. The molecular formula is C13H13BrN2O. The molecule has 0 fully saturated rings. The summed E-state index contributed by atoms with van der Waals surface area (Å²) >= 11 is 3.50. The normalized spacial score (nSPS) is 10.6. The standard InChI is InChI=1S/C13H13BrN2O/c1-8-4-5-11(6-13(8)14)16-10(3)12(7-17)9(2)15-16/h4-7H,1-3H3. The zero-order valence-corrected chi connectivity index (χ0v) is 11.6.